The Balaban J connectivity index is 1.73. The highest BCUT2D eigenvalue weighted by atomic mass is 32.1. The highest BCUT2D eigenvalue weighted by Gasteiger charge is 2.21. The molecule has 134 valence electrons. The minimum absolute atomic E-state index is 0.262. The Kier molecular flexibility index (Phi) is 3.89. The number of hydrogen-bond acceptors (Lipinski definition) is 3. The number of anilines is 1. The maximum atomic E-state index is 14.7. The lowest BCUT2D eigenvalue weighted by Crippen LogP contribution is -2.27. The van der Waals surface area contributed by atoms with Gasteiger partial charge in [-0.15, -0.1) is 11.3 Å². The largest absolute Gasteiger partial charge is 0.371 e. The van der Waals surface area contributed by atoms with Crippen LogP contribution in [-0.4, -0.2) is 31.2 Å². The van der Waals surface area contributed by atoms with E-state index in [9.17, 15) is 8.78 Å². The van der Waals surface area contributed by atoms with E-state index in [2.05, 4.69) is 14.5 Å². The van der Waals surface area contributed by atoms with Gasteiger partial charge in [0.05, 0.1) is 9.58 Å². The second-order valence-corrected chi connectivity index (χ2v) is 8.23. The first-order chi connectivity index (χ1) is 12.7. The molecule has 3 aliphatic heterocycles. The Morgan fingerprint density at radius 3 is 2.46 bits per heavy atom. The smallest absolute Gasteiger partial charge is 0.204 e. The molecule has 1 aromatic carbocycles. The van der Waals surface area contributed by atoms with Crippen LogP contribution in [0.4, 0.5) is 14.5 Å². The topological polar surface area (TPSA) is 19.1 Å². The molecule has 0 amide bonds. The molecule has 5 rings (SSSR count). The lowest BCUT2D eigenvalue weighted by Gasteiger charge is -2.18. The number of fused-ring (bicyclic) bond motifs is 2. The Bertz CT molecular complexity index is 1030. The van der Waals surface area contributed by atoms with Gasteiger partial charge >= 0.3 is 0 Å². The molecule has 1 aliphatic carbocycles. The molecule has 4 aliphatic rings. The van der Waals surface area contributed by atoms with Crippen LogP contribution in [0.2, 0.25) is 0 Å². The third-order valence-electron chi connectivity index (χ3n) is 5.41. The summed E-state index contributed by atoms with van der Waals surface area (Å²) < 4.78 is 32.3. The van der Waals surface area contributed by atoms with E-state index in [0.29, 0.717) is 0 Å². The van der Waals surface area contributed by atoms with E-state index < -0.39 is 0 Å². The summed E-state index contributed by atoms with van der Waals surface area (Å²) in [5.41, 5.74) is 1.43. The van der Waals surface area contributed by atoms with E-state index in [1.807, 2.05) is 12.1 Å². The Morgan fingerprint density at radius 2 is 1.69 bits per heavy atom. The zero-order chi connectivity index (χ0) is 17.7. The minimum Gasteiger partial charge on any atom is -0.371 e. The molecule has 0 radical (unpaired) electrons. The summed E-state index contributed by atoms with van der Waals surface area (Å²) in [4.78, 5) is 7.32. The molecule has 2 saturated heterocycles. The van der Waals surface area contributed by atoms with Crippen LogP contribution in [0.3, 0.4) is 0 Å². The highest BCUT2D eigenvalue weighted by molar-refractivity contribution is 7.21. The molecule has 2 fully saturated rings. The van der Waals surface area contributed by atoms with Crippen molar-refractivity contribution >= 4 is 27.2 Å². The number of halogens is 2. The number of benzene rings is 2. The van der Waals surface area contributed by atoms with Crippen LogP contribution in [-0.2, 0) is 0 Å². The van der Waals surface area contributed by atoms with Crippen molar-refractivity contribution in [3.63, 3.8) is 0 Å². The molecule has 0 N–H and O–H groups in total. The summed E-state index contributed by atoms with van der Waals surface area (Å²) in [6.07, 6.45) is 4.57. The van der Waals surface area contributed by atoms with Crippen molar-refractivity contribution in [1.82, 2.24) is 9.56 Å². The average Bonchev–Trinajstić information content (AvgIpc) is 3.34. The van der Waals surface area contributed by atoms with Gasteiger partial charge in [-0.25, -0.2) is 18.3 Å². The third-order valence-corrected chi connectivity index (χ3v) is 6.47. The molecule has 0 aromatic heterocycles. The van der Waals surface area contributed by atoms with Crippen molar-refractivity contribution in [2.75, 3.05) is 31.1 Å². The monoisotopic (exact) mass is 372 g/mol. The molecule has 0 spiro atoms. The highest BCUT2D eigenvalue weighted by Crippen LogP contribution is 2.35. The van der Waals surface area contributed by atoms with Crippen molar-refractivity contribution in [1.29, 1.82) is 0 Å². The van der Waals surface area contributed by atoms with E-state index in [1.54, 1.807) is 0 Å². The van der Waals surface area contributed by atoms with Crippen LogP contribution in [0.15, 0.2) is 24.3 Å². The molecule has 0 bridgehead atoms. The van der Waals surface area contributed by atoms with Gasteiger partial charge in [-0.05, 0) is 25.0 Å². The van der Waals surface area contributed by atoms with Gasteiger partial charge in [-0.1, -0.05) is 0 Å². The van der Waals surface area contributed by atoms with Crippen molar-refractivity contribution < 1.29 is 8.78 Å². The summed E-state index contributed by atoms with van der Waals surface area (Å²) in [7, 11) is 0. The van der Waals surface area contributed by atoms with E-state index in [0.717, 1.165) is 72.5 Å². The Labute approximate surface area is 154 Å². The van der Waals surface area contributed by atoms with Gasteiger partial charge in [-0.2, -0.15) is 0 Å². The summed E-state index contributed by atoms with van der Waals surface area (Å²) in [6, 6.07) is 7.08. The van der Waals surface area contributed by atoms with E-state index in [-0.39, 0.29) is 22.8 Å². The first-order valence-corrected chi connectivity index (χ1v) is 10.1. The Hall–Kier alpha value is -2.08. The first-order valence-electron chi connectivity index (χ1n) is 9.25. The summed E-state index contributed by atoms with van der Waals surface area (Å²) in [6.45, 7) is 3.85. The molecule has 0 saturated carbocycles. The van der Waals surface area contributed by atoms with Gasteiger partial charge in [0, 0.05) is 43.8 Å². The van der Waals surface area contributed by atoms with Crippen molar-refractivity contribution in [3.05, 3.63) is 41.3 Å². The predicted octanol–water partition coefficient (Wildman–Crippen LogP) is 3.85. The van der Waals surface area contributed by atoms with E-state index in [1.165, 1.54) is 23.5 Å². The number of aromatic nitrogens is 1. The summed E-state index contributed by atoms with van der Waals surface area (Å²) >= 11 is 1.43. The van der Waals surface area contributed by atoms with Gasteiger partial charge < -0.3 is 4.90 Å². The van der Waals surface area contributed by atoms with Crippen molar-refractivity contribution in [2.24, 2.45) is 0 Å². The second kappa shape index (κ2) is 6.27. The number of hydrogen-bond donors (Lipinski definition) is 0. The maximum Gasteiger partial charge on any atom is 0.204 e. The fraction of sp³-hybridized carbons (Fsp3) is 0.400. The van der Waals surface area contributed by atoms with Gasteiger partial charge in [0.15, 0.2) is 11.6 Å². The molecule has 3 nitrogen and oxygen atoms in total. The van der Waals surface area contributed by atoms with Gasteiger partial charge in [0.2, 0.25) is 5.36 Å². The normalized spacial score (nSPS) is 17.8. The van der Waals surface area contributed by atoms with Crippen molar-refractivity contribution in [3.8, 4) is 10.6 Å². The van der Waals surface area contributed by atoms with Crippen molar-refractivity contribution in [2.45, 2.75) is 25.7 Å². The quantitative estimate of drug-likeness (QED) is 0.477. The lowest BCUT2D eigenvalue weighted by molar-refractivity contribution is 0.614. The first kappa shape index (κ1) is 16.1. The van der Waals surface area contributed by atoms with Crippen LogP contribution in [0.1, 0.15) is 25.7 Å². The molecular weight excluding hydrogens is 352 g/mol. The zero-order valence-corrected chi connectivity index (χ0v) is 15.3. The van der Waals surface area contributed by atoms with Crippen LogP contribution in [0.25, 0.3) is 20.8 Å². The zero-order valence-electron chi connectivity index (χ0n) is 14.5. The standard InChI is InChI=1S/C20H20F2N3S/c21-15-9-13(24-5-1-2-6-24)11-17-19(15)23-20-16(22)10-14(12-18(20)26-17)25-7-3-4-8-25/h9-12H,1-8H2/q+1. The molecule has 26 heavy (non-hydrogen) atoms. The second-order valence-electron chi connectivity index (χ2n) is 7.15. The number of rotatable bonds is 1. The van der Waals surface area contributed by atoms with Crippen LogP contribution < -0.4 is 14.8 Å². The Morgan fingerprint density at radius 1 is 0.923 bits per heavy atom. The van der Waals surface area contributed by atoms with Gasteiger partial charge in [0.25, 0.3) is 0 Å². The molecule has 3 heterocycles. The lowest BCUT2D eigenvalue weighted by atomic mass is 10.2. The van der Waals surface area contributed by atoms with Crippen LogP contribution in [0.5, 0.6) is 0 Å². The van der Waals surface area contributed by atoms with Gasteiger partial charge in [0.1, 0.15) is 24.3 Å². The summed E-state index contributed by atoms with van der Waals surface area (Å²) in [5, 5.41) is 0.904. The van der Waals surface area contributed by atoms with Crippen LogP contribution >= 0.6 is 11.3 Å². The predicted molar refractivity (Wildman–Crippen MR) is 102 cm³/mol. The van der Waals surface area contributed by atoms with E-state index in [4.69, 9.17) is 0 Å². The molecule has 1 aromatic rings. The summed E-state index contributed by atoms with van der Waals surface area (Å²) in [5.74, 6) is -0.740. The molecule has 0 atom stereocenters. The molecule has 6 heteroatoms. The van der Waals surface area contributed by atoms with Gasteiger partial charge in [-0.3, -0.25) is 0 Å². The van der Waals surface area contributed by atoms with E-state index >= 15 is 0 Å². The van der Waals surface area contributed by atoms with Crippen LogP contribution in [0, 0.1) is 11.6 Å². The SMILES string of the molecule is Fc1cc(=[N+]2CCCC2)cc2sc3cc(N4CCCC4)cc(F)c3nc1-2. The fourth-order valence-corrected chi connectivity index (χ4v) is 5.12. The fourth-order valence-electron chi connectivity index (χ4n) is 4.04. The molecular formula is C20H20F2N3S+. The average molecular weight is 372 g/mol. The minimum atomic E-state index is -0.370. The third kappa shape index (κ3) is 2.67. The molecule has 0 unspecified atom stereocenters. The maximum absolute atomic E-state index is 14.7. The number of nitrogens with zero attached hydrogens (tertiary/aromatic N) is 3.